The number of nitrogens with two attached hydrogens (primary N) is 1. The number of esters is 1. The van der Waals surface area contributed by atoms with Gasteiger partial charge >= 0.3 is 5.97 Å². The van der Waals surface area contributed by atoms with Crippen LogP contribution in [0.25, 0.3) is 0 Å². The molecule has 0 fully saturated rings. The second-order valence-corrected chi connectivity index (χ2v) is 5.14. The van der Waals surface area contributed by atoms with Crippen molar-refractivity contribution >= 4 is 17.6 Å². The number of rotatable bonds is 6. The van der Waals surface area contributed by atoms with Crippen LogP contribution in [0.15, 0.2) is 18.2 Å². The number of nitrogens with one attached hydrogen (secondary N) is 1. The smallest absolute Gasteiger partial charge is 0.340 e. The van der Waals surface area contributed by atoms with Gasteiger partial charge in [0.1, 0.15) is 0 Å². The van der Waals surface area contributed by atoms with Crippen LogP contribution >= 0.6 is 0 Å². The number of amides is 1. The molecular formula is C15H22N2O3. The first-order valence-corrected chi connectivity index (χ1v) is 6.70. The molecule has 5 nitrogen and oxygen atoms in total. The van der Waals surface area contributed by atoms with Crippen LogP contribution in [0, 0.1) is 12.8 Å². The second kappa shape index (κ2) is 7.53. The normalized spacial score (nSPS) is 10.4. The zero-order valence-corrected chi connectivity index (χ0v) is 12.2. The molecule has 0 aromatic heterocycles. The van der Waals surface area contributed by atoms with Gasteiger partial charge in [-0.05, 0) is 30.9 Å². The number of ether oxygens (including phenoxy) is 1. The summed E-state index contributed by atoms with van der Waals surface area (Å²) in [6.07, 6.45) is 0.893. The highest BCUT2D eigenvalue weighted by Crippen LogP contribution is 2.17. The van der Waals surface area contributed by atoms with E-state index in [4.69, 9.17) is 10.5 Å². The van der Waals surface area contributed by atoms with Gasteiger partial charge in [-0.3, -0.25) is 4.79 Å². The van der Waals surface area contributed by atoms with E-state index >= 15 is 0 Å². The minimum absolute atomic E-state index is 0.287. The summed E-state index contributed by atoms with van der Waals surface area (Å²) >= 11 is 0. The summed E-state index contributed by atoms with van der Waals surface area (Å²) in [5, 5.41) is 2.70. The van der Waals surface area contributed by atoms with Gasteiger partial charge in [0.25, 0.3) is 5.91 Å². The Labute approximate surface area is 119 Å². The molecule has 0 aliphatic heterocycles. The molecule has 1 aromatic rings. The van der Waals surface area contributed by atoms with Gasteiger partial charge in [-0.1, -0.05) is 26.0 Å². The van der Waals surface area contributed by atoms with Crippen LogP contribution in [-0.2, 0) is 9.53 Å². The molecule has 0 aliphatic carbocycles. The summed E-state index contributed by atoms with van der Waals surface area (Å²) < 4.78 is 4.95. The van der Waals surface area contributed by atoms with E-state index in [0.29, 0.717) is 23.7 Å². The number of aryl methyl sites for hydroxylation is 1. The maximum atomic E-state index is 11.8. The van der Waals surface area contributed by atoms with Gasteiger partial charge in [0.05, 0.1) is 5.56 Å². The Balaban J connectivity index is 2.43. The summed E-state index contributed by atoms with van der Waals surface area (Å²) in [5.74, 6) is -0.361. The summed E-state index contributed by atoms with van der Waals surface area (Å²) in [6.45, 7) is 6.26. The van der Waals surface area contributed by atoms with Gasteiger partial charge in [0.2, 0.25) is 0 Å². The SMILES string of the molecule is Cc1cccc(C(=O)OCC(=O)NCCC(C)C)c1N. The molecule has 1 rings (SSSR count). The maximum absolute atomic E-state index is 11.8. The fourth-order valence-corrected chi connectivity index (χ4v) is 1.62. The zero-order chi connectivity index (χ0) is 15.1. The lowest BCUT2D eigenvalue weighted by molar-refractivity contribution is -0.124. The first-order chi connectivity index (χ1) is 9.41. The van der Waals surface area contributed by atoms with Gasteiger partial charge in [-0.2, -0.15) is 0 Å². The number of carbonyl (C=O) groups is 2. The lowest BCUT2D eigenvalue weighted by Gasteiger charge is -2.09. The van der Waals surface area contributed by atoms with Gasteiger partial charge in [-0.15, -0.1) is 0 Å². The average Bonchev–Trinajstić information content (AvgIpc) is 2.38. The fourth-order valence-electron chi connectivity index (χ4n) is 1.62. The molecule has 0 unspecified atom stereocenters. The first kappa shape index (κ1) is 16.0. The molecule has 0 heterocycles. The van der Waals surface area contributed by atoms with E-state index in [1.165, 1.54) is 0 Å². The van der Waals surface area contributed by atoms with Crippen LogP contribution in [0.5, 0.6) is 0 Å². The molecule has 0 bridgehead atoms. The quantitative estimate of drug-likeness (QED) is 0.615. The highest BCUT2D eigenvalue weighted by atomic mass is 16.5. The fraction of sp³-hybridized carbons (Fsp3) is 0.467. The van der Waals surface area contributed by atoms with Crippen molar-refractivity contribution in [3.8, 4) is 0 Å². The summed E-state index contributed by atoms with van der Waals surface area (Å²) in [5.41, 5.74) is 7.29. The molecule has 0 saturated heterocycles. The lowest BCUT2D eigenvalue weighted by Crippen LogP contribution is -2.30. The third-order valence-corrected chi connectivity index (χ3v) is 2.92. The molecule has 110 valence electrons. The molecule has 1 amide bonds. The van der Waals surface area contributed by atoms with Crippen molar-refractivity contribution in [3.05, 3.63) is 29.3 Å². The van der Waals surface area contributed by atoms with E-state index in [0.717, 1.165) is 12.0 Å². The van der Waals surface area contributed by atoms with Gasteiger partial charge in [0, 0.05) is 12.2 Å². The molecule has 5 heteroatoms. The Hall–Kier alpha value is -2.04. The summed E-state index contributed by atoms with van der Waals surface area (Å²) in [7, 11) is 0. The van der Waals surface area contributed by atoms with Crippen LogP contribution in [0.4, 0.5) is 5.69 Å². The van der Waals surface area contributed by atoms with Crippen molar-refractivity contribution in [1.29, 1.82) is 0 Å². The van der Waals surface area contributed by atoms with E-state index < -0.39 is 5.97 Å². The van der Waals surface area contributed by atoms with E-state index in [1.54, 1.807) is 12.1 Å². The van der Waals surface area contributed by atoms with Crippen LogP contribution < -0.4 is 11.1 Å². The minimum atomic E-state index is -0.579. The number of anilines is 1. The monoisotopic (exact) mass is 278 g/mol. The third-order valence-electron chi connectivity index (χ3n) is 2.92. The van der Waals surface area contributed by atoms with Crippen molar-refractivity contribution in [2.24, 2.45) is 5.92 Å². The predicted octanol–water partition coefficient (Wildman–Crippen LogP) is 1.90. The molecule has 0 aliphatic rings. The first-order valence-electron chi connectivity index (χ1n) is 6.70. The molecule has 0 radical (unpaired) electrons. The van der Waals surface area contributed by atoms with Crippen LogP contribution in [-0.4, -0.2) is 25.0 Å². The van der Waals surface area contributed by atoms with Crippen LogP contribution in [0.1, 0.15) is 36.2 Å². The Morgan fingerprint density at radius 1 is 1.35 bits per heavy atom. The number of para-hydroxylation sites is 1. The number of hydrogen-bond donors (Lipinski definition) is 2. The Kier molecular flexibility index (Phi) is 6.03. The van der Waals surface area contributed by atoms with Crippen molar-refractivity contribution in [2.45, 2.75) is 27.2 Å². The molecular weight excluding hydrogens is 256 g/mol. The number of benzene rings is 1. The van der Waals surface area contributed by atoms with Crippen molar-refractivity contribution in [1.82, 2.24) is 5.32 Å². The molecule has 20 heavy (non-hydrogen) atoms. The highest BCUT2D eigenvalue weighted by molar-refractivity contribution is 5.96. The van der Waals surface area contributed by atoms with Gasteiger partial charge in [-0.25, -0.2) is 4.79 Å². The Morgan fingerprint density at radius 2 is 2.05 bits per heavy atom. The minimum Gasteiger partial charge on any atom is -0.452 e. The maximum Gasteiger partial charge on any atom is 0.340 e. The van der Waals surface area contributed by atoms with Crippen molar-refractivity contribution in [2.75, 3.05) is 18.9 Å². The van der Waals surface area contributed by atoms with Gasteiger partial charge < -0.3 is 15.8 Å². The van der Waals surface area contributed by atoms with Crippen LogP contribution in [0.2, 0.25) is 0 Å². The van der Waals surface area contributed by atoms with Crippen molar-refractivity contribution < 1.29 is 14.3 Å². The van der Waals surface area contributed by atoms with E-state index in [9.17, 15) is 9.59 Å². The number of carbonyl (C=O) groups excluding carboxylic acids is 2. The largest absolute Gasteiger partial charge is 0.452 e. The Bertz CT molecular complexity index is 484. The lowest BCUT2D eigenvalue weighted by atomic mass is 10.1. The van der Waals surface area contributed by atoms with E-state index in [1.807, 2.05) is 13.0 Å². The van der Waals surface area contributed by atoms with E-state index in [-0.39, 0.29) is 12.5 Å². The van der Waals surface area contributed by atoms with Crippen LogP contribution in [0.3, 0.4) is 0 Å². The number of hydrogen-bond acceptors (Lipinski definition) is 4. The Morgan fingerprint density at radius 3 is 2.70 bits per heavy atom. The topological polar surface area (TPSA) is 81.4 Å². The van der Waals surface area contributed by atoms with Gasteiger partial charge in [0.15, 0.2) is 6.61 Å². The summed E-state index contributed by atoms with van der Waals surface area (Å²) in [4.78, 5) is 23.3. The molecule has 0 spiro atoms. The standard InChI is InChI=1S/C15H22N2O3/c1-10(2)7-8-17-13(18)9-20-15(19)12-6-4-5-11(3)14(12)16/h4-6,10H,7-9,16H2,1-3H3,(H,17,18). The average molecular weight is 278 g/mol. The predicted molar refractivity (Wildman–Crippen MR) is 78.3 cm³/mol. The molecule has 0 atom stereocenters. The molecule has 1 aromatic carbocycles. The summed E-state index contributed by atoms with van der Waals surface area (Å²) in [6, 6.07) is 5.12. The van der Waals surface area contributed by atoms with Crippen molar-refractivity contribution in [3.63, 3.8) is 0 Å². The molecule has 0 saturated carbocycles. The highest BCUT2D eigenvalue weighted by Gasteiger charge is 2.13. The second-order valence-electron chi connectivity index (χ2n) is 5.14. The number of nitrogen functional groups attached to an aromatic ring is 1. The zero-order valence-electron chi connectivity index (χ0n) is 12.2. The van der Waals surface area contributed by atoms with E-state index in [2.05, 4.69) is 19.2 Å². The molecule has 3 N–H and O–H groups in total. The third kappa shape index (κ3) is 4.91.